The fourth-order valence-corrected chi connectivity index (χ4v) is 2.45. The first-order valence-electron chi connectivity index (χ1n) is 6.61. The second-order valence-electron chi connectivity index (χ2n) is 5.38. The van der Waals surface area contributed by atoms with Crippen molar-refractivity contribution in [3.8, 4) is 0 Å². The zero-order chi connectivity index (χ0) is 12.0. The number of piperidine rings is 1. The van der Waals surface area contributed by atoms with Crippen LogP contribution < -0.4 is 5.73 Å². The smallest absolute Gasteiger partial charge is 0.222 e. The number of carbonyl (C=O) groups is 1. The van der Waals surface area contributed by atoms with E-state index in [1.54, 1.807) is 0 Å². The molecule has 0 bridgehead atoms. The third-order valence-corrected chi connectivity index (χ3v) is 3.31. The predicted molar refractivity (Wildman–Crippen MR) is 67.0 cm³/mol. The number of hydrogen-bond acceptors (Lipinski definition) is 2. The molecule has 16 heavy (non-hydrogen) atoms. The third-order valence-electron chi connectivity index (χ3n) is 3.31. The van der Waals surface area contributed by atoms with Crippen LogP contribution in [-0.2, 0) is 4.79 Å². The van der Waals surface area contributed by atoms with Gasteiger partial charge in [-0.05, 0) is 44.1 Å². The van der Waals surface area contributed by atoms with Crippen molar-refractivity contribution in [2.45, 2.75) is 46.0 Å². The lowest BCUT2D eigenvalue weighted by Crippen LogP contribution is -2.37. The molecule has 0 spiro atoms. The van der Waals surface area contributed by atoms with Crippen molar-refractivity contribution in [3.05, 3.63) is 0 Å². The lowest BCUT2D eigenvalue weighted by atomic mass is 9.93. The second kappa shape index (κ2) is 6.89. The van der Waals surface area contributed by atoms with Gasteiger partial charge < -0.3 is 10.6 Å². The van der Waals surface area contributed by atoms with E-state index >= 15 is 0 Å². The minimum absolute atomic E-state index is 0.316. The van der Waals surface area contributed by atoms with E-state index in [2.05, 4.69) is 13.8 Å². The van der Waals surface area contributed by atoms with Crippen molar-refractivity contribution in [3.63, 3.8) is 0 Å². The number of likely N-dealkylation sites (tertiary alicyclic amines) is 1. The normalized spacial score (nSPS) is 18.9. The molecule has 0 aromatic rings. The van der Waals surface area contributed by atoms with E-state index in [4.69, 9.17) is 5.73 Å². The molecule has 1 aliphatic rings. The SMILES string of the molecule is CC(C)CC(CN)CC(=O)N1CCCCC1. The monoisotopic (exact) mass is 226 g/mol. The van der Waals surface area contributed by atoms with Crippen molar-refractivity contribution in [2.24, 2.45) is 17.6 Å². The molecule has 0 aliphatic carbocycles. The van der Waals surface area contributed by atoms with Gasteiger partial charge in [0.25, 0.3) is 0 Å². The molecule has 0 radical (unpaired) electrons. The minimum atomic E-state index is 0.316. The summed E-state index contributed by atoms with van der Waals surface area (Å²) in [5.41, 5.74) is 5.73. The Bertz CT molecular complexity index is 210. The molecule has 0 aromatic heterocycles. The molecule has 3 heteroatoms. The van der Waals surface area contributed by atoms with Crippen LogP contribution >= 0.6 is 0 Å². The maximum atomic E-state index is 12.0. The Labute approximate surface area is 99.4 Å². The summed E-state index contributed by atoms with van der Waals surface area (Å²) in [4.78, 5) is 14.0. The summed E-state index contributed by atoms with van der Waals surface area (Å²) in [5, 5.41) is 0. The fourth-order valence-electron chi connectivity index (χ4n) is 2.45. The van der Waals surface area contributed by atoms with Gasteiger partial charge in [-0.3, -0.25) is 4.79 Å². The predicted octanol–water partition coefficient (Wildman–Crippen LogP) is 2.01. The van der Waals surface area contributed by atoms with Crippen molar-refractivity contribution in [2.75, 3.05) is 19.6 Å². The molecule has 1 unspecified atom stereocenters. The lowest BCUT2D eigenvalue weighted by Gasteiger charge is -2.28. The van der Waals surface area contributed by atoms with Gasteiger partial charge in [0.1, 0.15) is 0 Å². The molecular weight excluding hydrogens is 200 g/mol. The van der Waals surface area contributed by atoms with Gasteiger partial charge in [0.05, 0.1) is 0 Å². The van der Waals surface area contributed by atoms with Crippen LogP contribution in [0.5, 0.6) is 0 Å². The Hall–Kier alpha value is -0.570. The first-order valence-corrected chi connectivity index (χ1v) is 6.61. The number of carbonyl (C=O) groups excluding carboxylic acids is 1. The first-order chi connectivity index (χ1) is 7.63. The number of hydrogen-bond donors (Lipinski definition) is 1. The van der Waals surface area contributed by atoms with Gasteiger partial charge >= 0.3 is 0 Å². The molecule has 94 valence electrons. The average molecular weight is 226 g/mol. The van der Waals surface area contributed by atoms with Crippen LogP contribution in [-0.4, -0.2) is 30.4 Å². The molecule has 1 heterocycles. The quantitative estimate of drug-likeness (QED) is 0.779. The van der Waals surface area contributed by atoms with Crippen LogP contribution in [0.4, 0.5) is 0 Å². The van der Waals surface area contributed by atoms with Gasteiger partial charge in [-0.2, -0.15) is 0 Å². The zero-order valence-electron chi connectivity index (χ0n) is 10.7. The molecule has 1 rings (SSSR count). The second-order valence-corrected chi connectivity index (χ2v) is 5.38. The summed E-state index contributed by atoms with van der Waals surface area (Å²) in [5.74, 6) is 1.31. The summed E-state index contributed by atoms with van der Waals surface area (Å²) >= 11 is 0. The highest BCUT2D eigenvalue weighted by molar-refractivity contribution is 5.76. The molecular formula is C13H26N2O. The molecule has 1 amide bonds. The van der Waals surface area contributed by atoms with Crippen LogP contribution in [0.1, 0.15) is 46.0 Å². The zero-order valence-corrected chi connectivity index (χ0v) is 10.7. The number of rotatable bonds is 5. The topological polar surface area (TPSA) is 46.3 Å². The highest BCUT2D eigenvalue weighted by Gasteiger charge is 2.20. The van der Waals surface area contributed by atoms with Crippen LogP contribution in [0.3, 0.4) is 0 Å². The Balaban J connectivity index is 2.35. The van der Waals surface area contributed by atoms with Crippen molar-refractivity contribution < 1.29 is 4.79 Å². The van der Waals surface area contributed by atoms with Crippen LogP contribution in [0.2, 0.25) is 0 Å². The third kappa shape index (κ3) is 4.52. The average Bonchev–Trinajstić information content (AvgIpc) is 2.28. The van der Waals surface area contributed by atoms with Gasteiger partial charge in [0.15, 0.2) is 0 Å². The number of nitrogens with two attached hydrogens (primary N) is 1. The van der Waals surface area contributed by atoms with E-state index in [-0.39, 0.29) is 0 Å². The lowest BCUT2D eigenvalue weighted by molar-refractivity contribution is -0.133. The van der Waals surface area contributed by atoms with Gasteiger partial charge in [0.2, 0.25) is 5.91 Å². The van der Waals surface area contributed by atoms with Crippen LogP contribution in [0.25, 0.3) is 0 Å². The maximum Gasteiger partial charge on any atom is 0.222 e. The van der Waals surface area contributed by atoms with E-state index in [1.165, 1.54) is 19.3 Å². The minimum Gasteiger partial charge on any atom is -0.343 e. The van der Waals surface area contributed by atoms with E-state index in [0.717, 1.165) is 19.5 Å². The molecule has 3 nitrogen and oxygen atoms in total. The molecule has 2 N–H and O–H groups in total. The summed E-state index contributed by atoms with van der Waals surface area (Å²) in [7, 11) is 0. The summed E-state index contributed by atoms with van der Waals surface area (Å²) < 4.78 is 0. The van der Waals surface area contributed by atoms with E-state index in [1.807, 2.05) is 4.90 Å². The summed E-state index contributed by atoms with van der Waals surface area (Å²) in [6.07, 6.45) is 5.33. The Morgan fingerprint density at radius 3 is 2.38 bits per heavy atom. The van der Waals surface area contributed by atoms with Crippen molar-refractivity contribution in [1.82, 2.24) is 4.90 Å². The number of nitrogens with zero attached hydrogens (tertiary/aromatic N) is 1. The fraction of sp³-hybridized carbons (Fsp3) is 0.923. The maximum absolute atomic E-state index is 12.0. The molecule has 0 saturated carbocycles. The molecule has 1 saturated heterocycles. The van der Waals surface area contributed by atoms with Gasteiger partial charge in [-0.15, -0.1) is 0 Å². The first kappa shape index (κ1) is 13.5. The Morgan fingerprint density at radius 1 is 1.25 bits per heavy atom. The molecule has 0 aromatic carbocycles. The highest BCUT2D eigenvalue weighted by atomic mass is 16.2. The van der Waals surface area contributed by atoms with E-state index in [0.29, 0.717) is 30.7 Å². The number of amides is 1. The van der Waals surface area contributed by atoms with Gasteiger partial charge in [0, 0.05) is 19.5 Å². The van der Waals surface area contributed by atoms with E-state index in [9.17, 15) is 4.79 Å². The van der Waals surface area contributed by atoms with Gasteiger partial charge in [-0.25, -0.2) is 0 Å². The molecule has 1 fully saturated rings. The molecule has 1 atom stereocenters. The van der Waals surface area contributed by atoms with Crippen molar-refractivity contribution in [1.29, 1.82) is 0 Å². The Kier molecular flexibility index (Phi) is 5.81. The van der Waals surface area contributed by atoms with Gasteiger partial charge in [-0.1, -0.05) is 13.8 Å². The Morgan fingerprint density at radius 2 is 1.88 bits per heavy atom. The standard InChI is InChI=1S/C13H26N2O/c1-11(2)8-12(10-14)9-13(16)15-6-4-3-5-7-15/h11-12H,3-10,14H2,1-2H3. The summed E-state index contributed by atoms with van der Waals surface area (Å²) in [6, 6.07) is 0. The van der Waals surface area contributed by atoms with E-state index < -0.39 is 0 Å². The van der Waals surface area contributed by atoms with Crippen LogP contribution in [0.15, 0.2) is 0 Å². The van der Waals surface area contributed by atoms with Crippen molar-refractivity contribution >= 4 is 5.91 Å². The largest absolute Gasteiger partial charge is 0.343 e. The van der Waals surface area contributed by atoms with Crippen LogP contribution in [0, 0.1) is 11.8 Å². The summed E-state index contributed by atoms with van der Waals surface area (Å²) in [6.45, 7) is 6.93. The molecule has 1 aliphatic heterocycles. The highest BCUT2D eigenvalue weighted by Crippen LogP contribution is 2.17.